The fraction of sp³-hybridized carbons (Fsp3) is 0.345. The van der Waals surface area contributed by atoms with E-state index in [9.17, 15) is 22.8 Å². The van der Waals surface area contributed by atoms with Crippen LogP contribution >= 0.6 is 0 Å². The Morgan fingerprint density at radius 2 is 1.77 bits per heavy atom. The van der Waals surface area contributed by atoms with E-state index in [0.29, 0.717) is 50.4 Å². The number of nitrogens with zero attached hydrogens (tertiary/aromatic N) is 6. The van der Waals surface area contributed by atoms with E-state index in [2.05, 4.69) is 30.2 Å². The van der Waals surface area contributed by atoms with Crippen molar-refractivity contribution in [2.75, 3.05) is 43.5 Å². The van der Waals surface area contributed by atoms with Gasteiger partial charge in [-0.15, -0.1) is 0 Å². The van der Waals surface area contributed by atoms with Crippen LogP contribution in [0.15, 0.2) is 61.2 Å². The highest BCUT2D eigenvalue weighted by Gasteiger charge is 2.51. The first-order valence-electron chi connectivity index (χ1n) is 13.7. The zero-order chi connectivity index (χ0) is 30.2. The van der Waals surface area contributed by atoms with Gasteiger partial charge in [-0.05, 0) is 54.8 Å². The van der Waals surface area contributed by atoms with Crippen molar-refractivity contribution in [2.45, 2.75) is 31.1 Å². The predicted molar refractivity (Wildman–Crippen MR) is 151 cm³/mol. The Bertz CT molecular complexity index is 1620. The molecular weight excluding hydrogens is 565 g/mol. The molecule has 2 aromatic heterocycles. The number of carbonyl (C=O) groups is 2. The number of amides is 3. The molecular formula is C29H29F3N8O3. The summed E-state index contributed by atoms with van der Waals surface area (Å²) in [5.74, 6) is 0.960. The van der Waals surface area contributed by atoms with E-state index in [0.717, 1.165) is 29.0 Å². The summed E-state index contributed by atoms with van der Waals surface area (Å²) < 4.78 is 44.0. The van der Waals surface area contributed by atoms with Crippen molar-refractivity contribution in [3.05, 3.63) is 72.3 Å². The molecule has 1 spiro atoms. The van der Waals surface area contributed by atoms with E-state index in [1.807, 2.05) is 29.2 Å². The fourth-order valence-electron chi connectivity index (χ4n) is 5.83. The number of ether oxygens (including phenoxy) is 1. The Morgan fingerprint density at radius 3 is 2.44 bits per heavy atom. The number of carbonyl (C=O) groups excluding carboxylic acids is 2. The fourth-order valence-corrected chi connectivity index (χ4v) is 5.83. The number of aromatic nitrogens is 4. The summed E-state index contributed by atoms with van der Waals surface area (Å²) in [5.41, 5.74) is 1.12. The number of hydrogen-bond donors (Lipinski definition) is 2. The highest BCUT2D eigenvalue weighted by atomic mass is 19.4. The number of nitrogens with one attached hydrogen (secondary N) is 2. The van der Waals surface area contributed by atoms with E-state index in [1.165, 1.54) is 23.4 Å². The van der Waals surface area contributed by atoms with Gasteiger partial charge in [0.1, 0.15) is 24.1 Å². The van der Waals surface area contributed by atoms with Crippen LogP contribution in [0.1, 0.15) is 24.0 Å². The Balaban J connectivity index is 1.20. The number of rotatable bonds is 7. The number of piperidine rings is 1. The average Bonchev–Trinajstić information content (AvgIpc) is 3.57. The van der Waals surface area contributed by atoms with E-state index in [-0.39, 0.29) is 18.3 Å². The summed E-state index contributed by atoms with van der Waals surface area (Å²) in [6.45, 7) is 1.68. The molecule has 2 aliphatic rings. The smallest absolute Gasteiger partial charge is 0.416 e. The Hall–Kier alpha value is -4.88. The third-order valence-electron chi connectivity index (χ3n) is 8.09. The van der Waals surface area contributed by atoms with Crippen molar-refractivity contribution in [2.24, 2.45) is 0 Å². The summed E-state index contributed by atoms with van der Waals surface area (Å²) >= 11 is 0. The third kappa shape index (κ3) is 5.64. The Morgan fingerprint density at radius 1 is 1.05 bits per heavy atom. The average molecular weight is 595 g/mol. The van der Waals surface area contributed by atoms with Crippen molar-refractivity contribution < 1.29 is 27.5 Å². The van der Waals surface area contributed by atoms with Crippen LogP contribution in [0, 0.1) is 0 Å². The van der Waals surface area contributed by atoms with Gasteiger partial charge in [0.2, 0.25) is 5.91 Å². The normalized spacial score (nSPS) is 16.7. The molecule has 2 saturated heterocycles. The maximum Gasteiger partial charge on any atom is 0.416 e. The van der Waals surface area contributed by atoms with Crippen molar-refractivity contribution >= 4 is 34.6 Å². The number of alkyl halides is 3. The van der Waals surface area contributed by atoms with Gasteiger partial charge in [0.25, 0.3) is 0 Å². The van der Waals surface area contributed by atoms with E-state index in [1.54, 1.807) is 13.4 Å². The molecule has 6 rings (SSSR count). The number of aromatic amines is 1. The molecule has 0 aliphatic carbocycles. The molecule has 11 nitrogen and oxygen atoms in total. The number of anilines is 2. The van der Waals surface area contributed by atoms with Gasteiger partial charge in [0.15, 0.2) is 11.5 Å². The van der Waals surface area contributed by atoms with Crippen LogP contribution in [0.5, 0.6) is 5.75 Å². The number of hydrogen-bond acceptors (Lipinski definition) is 7. The van der Waals surface area contributed by atoms with Gasteiger partial charge >= 0.3 is 12.2 Å². The minimum atomic E-state index is -4.47. The molecule has 14 heteroatoms. The minimum absolute atomic E-state index is 0.220. The van der Waals surface area contributed by atoms with Crippen LogP contribution in [0.2, 0.25) is 0 Å². The monoisotopic (exact) mass is 594 g/mol. The van der Waals surface area contributed by atoms with Crippen molar-refractivity contribution in [3.63, 3.8) is 0 Å². The highest BCUT2D eigenvalue weighted by Crippen LogP contribution is 2.39. The first-order valence-corrected chi connectivity index (χ1v) is 13.7. The molecule has 0 radical (unpaired) electrons. The minimum Gasteiger partial charge on any atom is -0.497 e. The molecule has 2 N–H and O–H groups in total. The number of imidazole rings is 1. The lowest BCUT2D eigenvalue weighted by Crippen LogP contribution is -2.54. The zero-order valence-electron chi connectivity index (χ0n) is 23.3. The number of benzene rings is 2. The molecule has 224 valence electrons. The largest absolute Gasteiger partial charge is 0.497 e. The first-order chi connectivity index (χ1) is 20.6. The van der Waals surface area contributed by atoms with Crippen molar-refractivity contribution in [3.8, 4) is 5.75 Å². The first kappa shape index (κ1) is 28.2. The van der Waals surface area contributed by atoms with Gasteiger partial charge < -0.3 is 29.7 Å². The molecule has 4 aromatic rings. The molecule has 0 unspecified atom stereocenters. The van der Waals surface area contributed by atoms with Gasteiger partial charge in [0.05, 0.1) is 24.5 Å². The Kier molecular flexibility index (Phi) is 7.28. The number of methoxy groups -OCH3 is 1. The SMILES string of the molecule is COc1ccc(CN2C(=O)N(CC(=O)Nc3ccc(C(F)(F)F)cc3)CC23CCN(c2ncnc4nc[nH]c24)CC3)cc1. The number of halogens is 3. The second kappa shape index (κ2) is 11.1. The molecule has 2 aliphatic heterocycles. The summed E-state index contributed by atoms with van der Waals surface area (Å²) in [4.78, 5) is 48.2. The molecule has 2 aromatic carbocycles. The van der Waals surface area contributed by atoms with Gasteiger partial charge in [0, 0.05) is 31.9 Å². The van der Waals surface area contributed by atoms with Crippen LogP contribution in [0.3, 0.4) is 0 Å². The molecule has 0 saturated carbocycles. The van der Waals surface area contributed by atoms with Crippen LogP contribution in [0.4, 0.5) is 29.5 Å². The van der Waals surface area contributed by atoms with Crippen LogP contribution in [-0.2, 0) is 17.5 Å². The van der Waals surface area contributed by atoms with Gasteiger partial charge in [-0.2, -0.15) is 13.2 Å². The lowest BCUT2D eigenvalue weighted by molar-refractivity contribution is -0.137. The zero-order valence-corrected chi connectivity index (χ0v) is 23.3. The maximum atomic E-state index is 13.8. The third-order valence-corrected chi connectivity index (χ3v) is 8.09. The van der Waals surface area contributed by atoms with Crippen LogP contribution in [-0.4, -0.2) is 80.5 Å². The maximum absolute atomic E-state index is 13.8. The van der Waals surface area contributed by atoms with Crippen molar-refractivity contribution in [1.29, 1.82) is 0 Å². The summed E-state index contributed by atoms with van der Waals surface area (Å²) in [5, 5.41) is 2.62. The van der Waals surface area contributed by atoms with Gasteiger partial charge in [-0.25, -0.2) is 19.7 Å². The number of urea groups is 1. The predicted octanol–water partition coefficient (Wildman–Crippen LogP) is 4.30. The van der Waals surface area contributed by atoms with E-state index < -0.39 is 23.2 Å². The lowest BCUT2D eigenvalue weighted by atomic mass is 9.86. The molecule has 43 heavy (non-hydrogen) atoms. The standard InChI is InChI=1S/C29H29F3N8O3/c1-43-22-8-2-19(3-9-22)14-40-27(42)39(15-23(41)37-21-6-4-20(5-7-21)29(30,31)32)16-28(40)10-12-38(13-11-28)26-24-25(34-17-33-24)35-18-36-26/h2-9,17-18H,10-16H2,1H3,(H,37,41)(H,33,34,35,36). The summed E-state index contributed by atoms with van der Waals surface area (Å²) in [6.07, 6.45) is -0.153. The molecule has 0 atom stereocenters. The second-order valence-electron chi connectivity index (χ2n) is 10.7. The number of H-pyrrole nitrogens is 1. The Labute approximate surface area is 244 Å². The molecule has 2 fully saturated rings. The molecule has 4 heterocycles. The molecule has 0 bridgehead atoms. The molecule has 3 amide bonds. The second-order valence-corrected chi connectivity index (χ2v) is 10.7. The van der Waals surface area contributed by atoms with Crippen LogP contribution < -0.4 is 15.0 Å². The number of fused-ring (bicyclic) bond motifs is 1. The summed E-state index contributed by atoms with van der Waals surface area (Å²) in [7, 11) is 1.59. The van der Waals surface area contributed by atoms with Crippen molar-refractivity contribution in [1.82, 2.24) is 29.7 Å². The quantitative estimate of drug-likeness (QED) is 0.328. The summed E-state index contributed by atoms with van der Waals surface area (Å²) in [6, 6.07) is 11.4. The highest BCUT2D eigenvalue weighted by molar-refractivity contribution is 5.95. The van der Waals surface area contributed by atoms with Crippen LogP contribution in [0.25, 0.3) is 11.2 Å². The van der Waals surface area contributed by atoms with Gasteiger partial charge in [-0.1, -0.05) is 12.1 Å². The van der Waals surface area contributed by atoms with Gasteiger partial charge in [-0.3, -0.25) is 4.79 Å². The topological polar surface area (TPSA) is 120 Å². The lowest BCUT2D eigenvalue weighted by Gasteiger charge is -2.44. The van der Waals surface area contributed by atoms with E-state index >= 15 is 0 Å². The van der Waals surface area contributed by atoms with E-state index in [4.69, 9.17) is 4.74 Å².